The van der Waals surface area contributed by atoms with E-state index in [0.29, 0.717) is 11.3 Å². The number of hydrogen-bond donors (Lipinski definition) is 0. The number of benzene rings is 1. The molecule has 0 aliphatic carbocycles. The Balaban J connectivity index is 2.81. The fourth-order valence-corrected chi connectivity index (χ4v) is 4.53. The number of fused-ring (bicyclic) bond motifs is 1. The average molecular weight is 348 g/mol. The van der Waals surface area contributed by atoms with Crippen molar-refractivity contribution in [1.29, 1.82) is 0 Å². The van der Waals surface area contributed by atoms with Crippen LogP contribution >= 0.6 is 15.9 Å². The number of hydrogen-bond acceptors (Lipinski definition) is 4. The van der Waals surface area contributed by atoms with E-state index in [-0.39, 0.29) is 21.8 Å². The molecule has 0 spiro atoms. The van der Waals surface area contributed by atoms with Gasteiger partial charge in [-0.2, -0.15) is 0 Å². The maximum Gasteiger partial charge on any atom is 0.270 e. The van der Waals surface area contributed by atoms with Gasteiger partial charge < -0.3 is 4.74 Å². The van der Waals surface area contributed by atoms with E-state index in [0.717, 1.165) is 4.31 Å². The molecule has 2 rings (SSSR count). The third-order valence-corrected chi connectivity index (χ3v) is 5.67. The van der Waals surface area contributed by atoms with Crippen LogP contribution in [0.15, 0.2) is 17.0 Å². The number of sulfonamides is 1. The zero-order chi connectivity index (χ0) is 14.4. The van der Waals surface area contributed by atoms with E-state index in [1.54, 1.807) is 6.07 Å². The monoisotopic (exact) mass is 347 g/mol. The summed E-state index contributed by atoms with van der Waals surface area (Å²) in [6.07, 6.45) is 0. The van der Waals surface area contributed by atoms with Crippen LogP contribution in [0.1, 0.15) is 35.7 Å². The minimum Gasteiger partial charge on any atom is -0.497 e. The zero-order valence-corrected chi connectivity index (χ0v) is 13.2. The van der Waals surface area contributed by atoms with Gasteiger partial charge in [0.2, 0.25) is 0 Å². The Morgan fingerprint density at radius 2 is 2.00 bits per heavy atom. The SMILES string of the molecule is COc1cc(C(C)C)c2c(c1)S(=O)(=O)N(CBr)C2=O. The Bertz CT molecular complexity index is 639. The predicted molar refractivity (Wildman–Crippen MR) is 74.2 cm³/mol. The molecule has 19 heavy (non-hydrogen) atoms. The number of nitrogens with zero attached hydrogens (tertiary/aromatic N) is 1. The third-order valence-electron chi connectivity index (χ3n) is 3.08. The number of alkyl halides is 1. The van der Waals surface area contributed by atoms with Crippen molar-refractivity contribution in [3.05, 3.63) is 23.3 Å². The highest BCUT2D eigenvalue weighted by molar-refractivity contribution is 9.09. The van der Waals surface area contributed by atoms with E-state index in [2.05, 4.69) is 15.9 Å². The number of halogens is 1. The molecule has 1 heterocycles. The molecule has 104 valence electrons. The van der Waals surface area contributed by atoms with Gasteiger partial charge in [0.1, 0.15) is 10.6 Å². The van der Waals surface area contributed by atoms with Crippen molar-refractivity contribution < 1.29 is 17.9 Å². The number of rotatable bonds is 3. The summed E-state index contributed by atoms with van der Waals surface area (Å²) in [6, 6.07) is 3.12. The van der Waals surface area contributed by atoms with Crippen LogP contribution in [0.3, 0.4) is 0 Å². The van der Waals surface area contributed by atoms with E-state index >= 15 is 0 Å². The first-order chi connectivity index (χ1) is 8.84. The van der Waals surface area contributed by atoms with Crippen molar-refractivity contribution in [1.82, 2.24) is 4.31 Å². The molecule has 0 saturated carbocycles. The van der Waals surface area contributed by atoms with Gasteiger partial charge in [-0.05, 0) is 17.5 Å². The standard InChI is InChI=1S/C12H14BrNO4S/c1-7(2)9-4-8(18-3)5-10-11(9)12(15)14(6-13)19(10,16)17/h4-5,7H,6H2,1-3H3. The summed E-state index contributed by atoms with van der Waals surface area (Å²) in [4.78, 5) is 12.3. The van der Waals surface area contributed by atoms with Crippen LogP contribution in [0.5, 0.6) is 5.75 Å². The summed E-state index contributed by atoms with van der Waals surface area (Å²) in [5, 5.41) is 0. The summed E-state index contributed by atoms with van der Waals surface area (Å²) >= 11 is 3.04. The average Bonchev–Trinajstić information content (AvgIpc) is 2.55. The molecule has 0 radical (unpaired) electrons. The number of methoxy groups -OCH3 is 1. The lowest BCUT2D eigenvalue weighted by Crippen LogP contribution is -2.28. The van der Waals surface area contributed by atoms with Crippen molar-refractivity contribution in [3.63, 3.8) is 0 Å². The Morgan fingerprint density at radius 3 is 2.47 bits per heavy atom. The van der Waals surface area contributed by atoms with Crippen LogP contribution in [0.2, 0.25) is 0 Å². The lowest BCUT2D eigenvalue weighted by molar-refractivity contribution is 0.0886. The van der Waals surface area contributed by atoms with Gasteiger partial charge >= 0.3 is 0 Å². The molecular formula is C12H14BrNO4S. The van der Waals surface area contributed by atoms with Gasteiger partial charge in [0.15, 0.2) is 0 Å². The molecule has 0 unspecified atom stereocenters. The van der Waals surface area contributed by atoms with Crippen LogP contribution in [-0.2, 0) is 10.0 Å². The van der Waals surface area contributed by atoms with E-state index < -0.39 is 15.9 Å². The Kier molecular flexibility index (Phi) is 3.61. The first-order valence-corrected chi connectivity index (χ1v) is 8.25. The topological polar surface area (TPSA) is 63.7 Å². The van der Waals surface area contributed by atoms with E-state index in [4.69, 9.17) is 4.74 Å². The third kappa shape index (κ3) is 2.04. The smallest absolute Gasteiger partial charge is 0.270 e. The maximum absolute atomic E-state index is 12.3. The molecule has 0 bridgehead atoms. The number of carbonyl (C=O) groups is 1. The normalized spacial score (nSPS) is 16.9. The summed E-state index contributed by atoms with van der Waals surface area (Å²) in [7, 11) is -2.31. The van der Waals surface area contributed by atoms with Crippen molar-refractivity contribution in [2.24, 2.45) is 0 Å². The minimum atomic E-state index is -3.78. The second-order valence-electron chi connectivity index (χ2n) is 4.52. The molecule has 7 heteroatoms. The fraction of sp³-hybridized carbons (Fsp3) is 0.417. The van der Waals surface area contributed by atoms with Crippen molar-refractivity contribution in [2.75, 3.05) is 12.6 Å². The molecule has 5 nitrogen and oxygen atoms in total. The Labute approximate surface area is 120 Å². The highest BCUT2D eigenvalue weighted by Crippen LogP contribution is 2.38. The first kappa shape index (κ1) is 14.3. The zero-order valence-electron chi connectivity index (χ0n) is 10.8. The van der Waals surface area contributed by atoms with E-state index in [1.807, 2.05) is 13.8 Å². The molecule has 0 fully saturated rings. The molecular weight excluding hydrogens is 334 g/mol. The van der Waals surface area contributed by atoms with Crippen LogP contribution < -0.4 is 4.74 Å². The lowest BCUT2D eigenvalue weighted by atomic mass is 9.96. The predicted octanol–water partition coefficient (Wildman–Crippen LogP) is 2.32. The Hall–Kier alpha value is -1.08. The van der Waals surface area contributed by atoms with Crippen molar-refractivity contribution in [2.45, 2.75) is 24.7 Å². The van der Waals surface area contributed by atoms with E-state index in [9.17, 15) is 13.2 Å². The summed E-state index contributed by atoms with van der Waals surface area (Å²) < 4.78 is 30.5. The van der Waals surface area contributed by atoms with Gasteiger partial charge in [-0.1, -0.05) is 29.8 Å². The van der Waals surface area contributed by atoms with Crippen LogP contribution in [-0.4, -0.2) is 31.2 Å². The van der Waals surface area contributed by atoms with Gasteiger partial charge in [-0.3, -0.25) is 4.79 Å². The van der Waals surface area contributed by atoms with E-state index in [1.165, 1.54) is 13.2 Å². The largest absolute Gasteiger partial charge is 0.497 e. The lowest BCUT2D eigenvalue weighted by Gasteiger charge is -2.11. The van der Waals surface area contributed by atoms with Gasteiger partial charge in [0.25, 0.3) is 15.9 Å². The summed E-state index contributed by atoms with van der Waals surface area (Å²) in [6.45, 7) is 3.82. The van der Waals surface area contributed by atoms with Gasteiger partial charge in [-0.15, -0.1) is 0 Å². The van der Waals surface area contributed by atoms with Crippen molar-refractivity contribution >= 4 is 31.9 Å². The molecule has 1 amide bonds. The quantitative estimate of drug-likeness (QED) is 0.621. The molecule has 0 saturated heterocycles. The van der Waals surface area contributed by atoms with Crippen LogP contribution in [0, 0.1) is 0 Å². The second kappa shape index (κ2) is 4.79. The maximum atomic E-state index is 12.3. The van der Waals surface area contributed by atoms with Gasteiger partial charge in [0.05, 0.1) is 18.1 Å². The second-order valence-corrected chi connectivity index (χ2v) is 6.85. The first-order valence-electron chi connectivity index (χ1n) is 5.69. The molecule has 0 aromatic heterocycles. The molecule has 0 atom stereocenters. The number of ether oxygens (including phenoxy) is 1. The van der Waals surface area contributed by atoms with Gasteiger partial charge in [-0.25, -0.2) is 12.7 Å². The minimum absolute atomic E-state index is 0.0262. The highest BCUT2D eigenvalue weighted by atomic mass is 79.9. The van der Waals surface area contributed by atoms with Crippen LogP contribution in [0.4, 0.5) is 0 Å². The van der Waals surface area contributed by atoms with Crippen LogP contribution in [0.25, 0.3) is 0 Å². The van der Waals surface area contributed by atoms with Gasteiger partial charge in [0, 0.05) is 6.07 Å². The number of amides is 1. The Morgan fingerprint density at radius 1 is 1.37 bits per heavy atom. The fourth-order valence-electron chi connectivity index (χ4n) is 2.09. The molecule has 0 N–H and O–H groups in total. The highest BCUT2D eigenvalue weighted by Gasteiger charge is 2.43. The number of carbonyl (C=O) groups excluding carboxylic acids is 1. The molecule has 1 aliphatic rings. The molecule has 1 aromatic rings. The molecule has 1 aromatic carbocycles. The molecule has 1 aliphatic heterocycles. The van der Waals surface area contributed by atoms with Crippen molar-refractivity contribution in [3.8, 4) is 5.75 Å². The summed E-state index contributed by atoms with van der Waals surface area (Å²) in [5.41, 5.74) is 0.893. The summed E-state index contributed by atoms with van der Waals surface area (Å²) in [5.74, 6) is -0.0215.